The average Bonchev–Trinajstić information content (AvgIpc) is 3.58. The third kappa shape index (κ3) is 5.29. The smallest absolute Gasteiger partial charge is 0.324 e. The Morgan fingerprint density at radius 1 is 1.16 bits per heavy atom. The molecule has 0 saturated carbocycles. The first kappa shape index (κ1) is 25.2. The number of amides is 1. The Morgan fingerprint density at radius 3 is 2.74 bits per heavy atom. The van der Waals surface area contributed by atoms with Gasteiger partial charge in [0.2, 0.25) is 5.88 Å². The number of hydrogen-bond donors (Lipinski definition) is 1. The second-order valence-corrected chi connectivity index (χ2v) is 9.24. The standard InChI is InChI=1S/C24H18ClN7O5S/c1-36-9-10-37-19-7-5-14(12-26-19)21-28-22(30-24(33)18-6-8-20(38-18)32(34)35)17-13-27-31(23(17)29-21)16-4-2-3-15(25)11-16/h2-8,11-13H,9-10H2,1H3,(H,28,29,30,33). The summed E-state index contributed by atoms with van der Waals surface area (Å²) in [7, 11) is 1.58. The van der Waals surface area contributed by atoms with Gasteiger partial charge in [0.15, 0.2) is 11.5 Å². The first-order valence-electron chi connectivity index (χ1n) is 11.1. The molecule has 0 aliphatic carbocycles. The largest absolute Gasteiger partial charge is 0.475 e. The molecule has 5 rings (SSSR count). The van der Waals surface area contributed by atoms with Gasteiger partial charge in [0.25, 0.3) is 5.91 Å². The molecule has 1 amide bonds. The molecular weight excluding hydrogens is 534 g/mol. The molecule has 0 aliphatic rings. The van der Waals surface area contributed by atoms with Crippen LogP contribution in [0.25, 0.3) is 28.1 Å². The number of carbonyl (C=O) groups excluding carboxylic acids is 1. The number of nitro groups is 1. The molecule has 38 heavy (non-hydrogen) atoms. The molecule has 0 spiro atoms. The third-order valence-electron chi connectivity index (χ3n) is 5.24. The topological polar surface area (TPSA) is 147 Å². The molecule has 0 saturated heterocycles. The normalized spacial score (nSPS) is 11.0. The number of benzene rings is 1. The minimum absolute atomic E-state index is 0.142. The number of fused-ring (bicyclic) bond motifs is 1. The summed E-state index contributed by atoms with van der Waals surface area (Å²) < 4.78 is 12.1. The minimum Gasteiger partial charge on any atom is -0.475 e. The molecule has 1 N–H and O–H groups in total. The van der Waals surface area contributed by atoms with Gasteiger partial charge >= 0.3 is 5.00 Å². The number of aromatic nitrogens is 5. The monoisotopic (exact) mass is 551 g/mol. The van der Waals surface area contributed by atoms with Gasteiger partial charge < -0.3 is 14.8 Å². The lowest BCUT2D eigenvalue weighted by molar-refractivity contribution is -0.380. The van der Waals surface area contributed by atoms with Gasteiger partial charge in [-0.05, 0) is 30.3 Å². The van der Waals surface area contributed by atoms with E-state index in [4.69, 9.17) is 26.1 Å². The van der Waals surface area contributed by atoms with E-state index in [0.29, 0.717) is 46.4 Å². The molecule has 14 heteroatoms. The average molecular weight is 552 g/mol. The van der Waals surface area contributed by atoms with Crippen LogP contribution in [-0.4, -0.2) is 55.9 Å². The van der Waals surface area contributed by atoms with E-state index in [-0.39, 0.29) is 21.5 Å². The number of thiophene rings is 1. The second kappa shape index (κ2) is 10.9. The highest BCUT2D eigenvalue weighted by atomic mass is 35.5. The number of nitrogens with zero attached hydrogens (tertiary/aromatic N) is 6. The van der Waals surface area contributed by atoms with Gasteiger partial charge in [0, 0.05) is 36.0 Å². The fourth-order valence-electron chi connectivity index (χ4n) is 3.47. The van der Waals surface area contributed by atoms with Crippen LogP contribution in [0.2, 0.25) is 5.02 Å². The summed E-state index contributed by atoms with van der Waals surface area (Å²) in [5, 5.41) is 19.1. The molecule has 0 atom stereocenters. The van der Waals surface area contributed by atoms with Crippen molar-refractivity contribution in [1.82, 2.24) is 24.7 Å². The van der Waals surface area contributed by atoms with E-state index in [1.165, 1.54) is 18.3 Å². The van der Waals surface area contributed by atoms with Crippen LogP contribution in [0.1, 0.15) is 9.67 Å². The Kier molecular flexibility index (Phi) is 7.22. The molecular formula is C24H18ClN7O5S. The number of halogens is 1. The van der Waals surface area contributed by atoms with Crippen LogP contribution in [-0.2, 0) is 4.74 Å². The number of hydrogen-bond acceptors (Lipinski definition) is 10. The maximum atomic E-state index is 13.0. The molecule has 0 bridgehead atoms. The van der Waals surface area contributed by atoms with Crippen molar-refractivity contribution in [2.75, 3.05) is 25.6 Å². The van der Waals surface area contributed by atoms with Crippen LogP contribution in [0.5, 0.6) is 5.88 Å². The van der Waals surface area contributed by atoms with Crippen molar-refractivity contribution in [3.63, 3.8) is 0 Å². The van der Waals surface area contributed by atoms with Crippen LogP contribution in [0.15, 0.2) is 60.9 Å². The highest BCUT2D eigenvalue weighted by Crippen LogP contribution is 2.29. The van der Waals surface area contributed by atoms with Crippen molar-refractivity contribution >= 4 is 50.7 Å². The molecule has 1 aromatic carbocycles. The van der Waals surface area contributed by atoms with Crippen molar-refractivity contribution in [2.24, 2.45) is 0 Å². The first-order chi connectivity index (χ1) is 18.4. The molecule has 0 unspecified atom stereocenters. The van der Waals surface area contributed by atoms with Gasteiger partial charge in [-0.25, -0.2) is 19.6 Å². The molecule has 5 aromatic rings. The summed E-state index contributed by atoms with van der Waals surface area (Å²) in [5.74, 6) is 0.303. The lowest BCUT2D eigenvalue weighted by atomic mass is 10.2. The van der Waals surface area contributed by atoms with E-state index >= 15 is 0 Å². The summed E-state index contributed by atoms with van der Waals surface area (Å²) in [6.45, 7) is 0.772. The number of anilines is 1. The van der Waals surface area contributed by atoms with E-state index in [1.807, 2.05) is 6.07 Å². The molecule has 0 radical (unpaired) electrons. The van der Waals surface area contributed by atoms with E-state index in [0.717, 1.165) is 11.3 Å². The predicted molar refractivity (Wildman–Crippen MR) is 141 cm³/mol. The van der Waals surface area contributed by atoms with E-state index < -0.39 is 10.8 Å². The van der Waals surface area contributed by atoms with Crippen LogP contribution < -0.4 is 10.1 Å². The van der Waals surface area contributed by atoms with Crippen molar-refractivity contribution in [3.05, 3.63) is 80.9 Å². The molecule has 4 aromatic heterocycles. The summed E-state index contributed by atoms with van der Waals surface area (Å²) in [6, 6.07) is 13.2. The Hall–Kier alpha value is -4.46. The number of pyridine rings is 1. The van der Waals surface area contributed by atoms with Gasteiger partial charge in [0.1, 0.15) is 12.4 Å². The van der Waals surface area contributed by atoms with Crippen molar-refractivity contribution in [3.8, 4) is 23.0 Å². The van der Waals surface area contributed by atoms with Crippen molar-refractivity contribution in [1.29, 1.82) is 0 Å². The minimum atomic E-state index is -0.551. The SMILES string of the molecule is COCCOc1ccc(-c2nc(NC(=O)c3ccc([N+](=O)[O-])s3)c3cnn(-c4cccc(Cl)c4)c3n2)cn1. The summed E-state index contributed by atoms with van der Waals surface area (Å²) in [6.07, 6.45) is 3.08. The maximum Gasteiger partial charge on any atom is 0.324 e. The Labute approximate surface area is 224 Å². The zero-order valence-electron chi connectivity index (χ0n) is 19.7. The summed E-state index contributed by atoms with van der Waals surface area (Å²) >= 11 is 6.95. The number of carbonyl (C=O) groups is 1. The van der Waals surface area contributed by atoms with E-state index in [2.05, 4.69) is 20.4 Å². The predicted octanol–water partition coefficient (Wildman–Crippen LogP) is 4.78. The van der Waals surface area contributed by atoms with Crippen LogP contribution in [0.4, 0.5) is 10.8 Å². The summed E-state index contributed by atoms with van der Waals surface area (Å²) in [4.78, 5) is 37.2. The molecule has 192 valence electrons. The Bertz CT molecular complexity index is 1640. The highest BCUT2D eigenvalue weighted by Gasteiger charge is 2.20. The number of nitrogens with one attached hydrogen (secondary N) is 1. The Balaban J connectivity index is 1.56. The molecule has 4 heterocycles. The third-order valence-corrected chi connectivity index (χ3v) is 6.51. The number of rotatable bonds is 9. The van der Waals surface area contributed by atoms with Gasteiger partial charge in [-0.2, -0.15) is 5.10 Å². The summed E-state index contributed by atoms with van der Waals surface area (Å²) in [5.41, 5.74) is 1.63. The van der Waals surface area contributed by atoms with E-state index in [9.17, 15) is 14.9 Å². The van der Waals surface area contributed by atoms with Crippen LogP contribution in [0.3, 0.4) is 0 Å². The molecule has 0 fully saturated rings. The van der Waals surface area contributed by atoms with Gasteiger partial charge in [-0.15, -0.1) is 0 Å². The Morgan fingerprint density at radius 2 is 2.03 bits per heavy atom. The first-order valence-corrected chi connectivity index (χ1v) is 12.3. The van der Waals surface area contributed by atoms with Gasteiger partial charge in [0.05, 0.1) is 33.7 Å². The van der Waals surface area contributed by atoms with Gasteiger partial charge in [-0.3, -0.25) is 14.9 Å². The zero-order chi connectivity index (χ0) is 26.6. The number of methoxy groups -OCH3 is 1. The van der Waals surface area contributed by atoms with Crippen molar-refractivity contribution < 1.29 is 19.2 Å². The lowest BCUT2D eigenvalue weighted by Crippen LogP contribution is -2.13. The van der Waals surface area contributed by atoms with E-state index in [1.54, 1.807) is 48.3 Å². The highest BCUT2D eigenvalue weighted by molar-refractivity contribution is 7.17. The number of ether oxygens (including phenoxy) is 2. The maximum absolute atomic E-state index is 13.0. The fourth-order valence-corrected chi connectivity index (χ4v) is 4.37. The lowest BCUT2D eigenvalue weighted by Gasteiger charge is -2.10. The van der Waals surface area contributed by atoms with Crippen LogP contribution >= 0.6 is 22.9 Å². The van der Waals surface area contributed by atoms with Crippen molar-refractivity contribution in [2.45, 2.75) is 0 Å². The quantitative estimate of drug-likeness (QED) is 0.155. The fraction of sp³-hybridized carbons (Fsp3) is 0.125. The molecule has 0 aliphatic heterocycles. The second-order valence-electron chi connectivity index (χ2n) is 7.74. The van der Waals surface area contributed by atoms with Gasteiger partial charge in [-0.1, -0.05) is 29.0 Å². The zero-order valence-corrected chi connectivity index (χ0v) is 21.3. The van der Waals surface area contributed by atoms with Crippen LogP contribution in [0, 0.1) is 10.1 Å². The molecule has 12 nitrogen and oxygen atoms in total.